The SMILES string of the molecule is O=C(Oc1ccc(OCCO)cc1)N(S)S. The van der Waals surface area contributed by atoms with Crippen LogP contribution in [0, 0.1) is 0 Å². The smallest absolute Gasteiger partial charge is 0.435 e. The van der Waals surface area contributed by atoms with Crippen molar-refractivity contribution in [1.29, 1.82) is 0 Å². The highest BCUT2D eigenvalue weighted by Gasteiger charge is 2.08. The van der Waals surface area contributed by atoms with E-state index in [-0.39, 0.29) is 13.2 Å². The van der Waals surface area contributed by atoms with Crippen molar-refractivity contribution in [3.63, 3.8) is 0 Å². The predicted molar refractivity (Wildman–Crippen MR) is 64.9 cm³/mol. The quantitative estimate of drug-likeness (QED) is 0.720. The molecule has 0 aliphatic carbocycles. The lowest BCUT2D eigenvalue weighted by molar-refractivity contribution is 0.196. The van der Waals surface area contributed by atoms with Crippen LogP contribution in [-0.2, 0) is 0 Å². The molecule has 0 fully saturated rings. The van der Waals surface area contributed by atoms with Gasteiger partial charge in [-0.25, -0.2) is 4.79 Å². The molecule has 16 heavy (non-hydrogen) atoms. The summed E-state index contributed by atoms with van der Waals surface area (Å²) in [6.07, 6.45) is -0.698. The molecule has 0 aliphatic heterocycles. The van der Waals surface area contributed by atoms with Crippen LogP contribution in [0.2, 0.25) is 0 Å². The third-order valence-corrected chi connectivity index (χ3v) is 1.88. The van der Waals surface area contributed by atoms with E-state index in [1.807, 2.05) is 0 Å². The van der Waals surface area contributed by atoms with Gasteiger partial charge in [0.2, 0.25) is 0 Å². The van der Waals surface area contributed by atoms with Crippen molar-refractivity contribution in [2.45, 2.75) is 0 Å². The Labute approximate surface area is 104 Å². The van der Waals surface area contributed by atoms with Crippen LogP contribution in [-0.4, -0.2) is 28.1 Å². The number of hydrogen-bond acceptors (Lipinski definition) is 6. The van der Waals surface area contributed by atoms with Crippen LogP contribution in [0.1, 0.15) is 0 Å². The van der Waals surface area contributed by atoms with Crippen molar-refractivity contribution in [3.05, 3.63) is 24.3 Å². The van der Waals surface area contributed by atoms with E-state index in [0.717, 1.165) is 3.71 Å². The Hall–Kier alpha value is -1.05. The molecule has 88 valence electrons. The van der Waals surface area contributed by atoms with Crippen LogP contribution in [0.25, 0.3) is 0 Å². The topological polar surface area (TPSA) is 59.0 Å². The van der Waals surface area contributed by atoms with Gasteiger partial charge in [0.25, 0.3) is 0 Å². The second kappa shape index (κ2) is 6.51. The first kappa shape index (κ1) is 13.0. The summed E-state index contributed by atoms with van der Waals surface area (Å²) >= 11 is 7.32. The number of aliphatic hydroxyl groups is 1. The summed E-state index contributed by atoms with van der Waals surface area (Å²) in [6.45, 7) is 0.172. The van der Waals surface area contributed by atoms with Crippen molar-refractivity contribution in [3.8, 4) is 11.5 Å². The zero-order chi connectivity index (χ0) is 12.0. The third-order valence-electron chi connectivity index (χ3n) is 1.55. The number of benzene rings is 1. The summed E-state index contributed by atoms with van der Waals surface area (Å²) in [5, 5.41) is 8.55. The molecule has 5 nitrogen and oxygen atoms in total. The second-order valence-corrected chi connectivity index (χ2v) is 3.82. The van der Waals surface area contributed by atoms with E-state index in [4.69, 9.17) is 14.6 Å². The van der Waals surface area contributed by atoms with Gasteiger partial charge in [0.1, 0.15) is 18.1 Å². The first-order valence-electron chi connectivity index (χ1n) is 4.37. The largest absolute Gasteiger partial charge is 0.491 e. The molecule has 0 bridgehead atoms. The van der Waals surface area contributed by atoms with Gasteiger partial charge in [-0.1, -0.05) is 0 Å². The number of amides is 1. The predicted octanol–water partition coefficient (Wildman–Crippen LogP) is 1.55. The molecule has 0 aromatic heterocycles. The lowest BCUT2D eigenvalue weighted by Crippen LogP contribution is -2.16. The third kappa shape index (κ3) is 4.21. The lowest BCUT2D eigenvalue weighted by atomic mass is 10.3. The summed E-state index contributed by atoms with van der Waals surface area (Å²) in [7, 11) is 0. The monoisotopic (exact) mass is 261 g/mol. The number of carbonyl (C=O) groups is 1. The Bertz CT molecular complexity index is 342. The average Bonchev–Trinajstić information content (AvgIpc) is 2.28. The first-order chi connectivity index (χ1) is 7.63. The maximum atomic E-state index is 11.1. The number of thiol groups is 2. The van der Waals surface area contributed by atoms with Gasteiger partial charge in [-0.3, -0.25) is 0 Å². The van der Waals surface area contributed by atoms with Gasteiger partial charge in [0, 0.05) is 0 Å². The highest BCUT2D eigenvalue weighted by atomic mass is 32.2. The molecule has 1 amide bonds. The van der Waals surface area contributed by atoms with Crippen LogP contribution < -0.4 is 9.47 Å². The van der Waals surface area contributed by atoms with Crippen LogP contribution in [0.5, 0.6) is 11.5 Å². The molecule has 0 aliphatic rings. The van der Waals surface area contributed by atoms with Gasteiger partial charge < -0.3 is 14.6 Å². The van der Waals surface area contributed by atoms with Gasteiger partial charge in [0.15, 0.2) is 0 Å². The van der Waals surface area contributed by atoms with E-state index in [9.17, 15) is 4.79 Å². The number of nitrogens with zero attached hydrogens (tertiary/aromatic N) is 1. The summed E-state index contributed by atoms with van der Waals surface area (Å²) in [5.41, 5.74) is 0. The van der Waals surface area contributed by atoms with Gasteiger partial charge in [-0.2, -0.15) is 3.71 Å². The molecule has 0 unspecified atom stereocenters. The van der Waals surface area contributed by atoms with Gasteiger partial charge in [-0.05, 0) is 49.9 Å². The summed E-state index contributed by atoms with van der Waals surface area (Å²) in [5.74, 6) is 0.942. The highest BCUT2D eigenvalue weighted by molar-refractivity contribution is 7.94. The maximum Gasteiger partial charge on any atom is 0.435 e. The van der Waals surface area contributed by atoms with Gasteiger partial charge >= 0.3 is 6.09 Å². The average molecular weight is 261 g/mol. The Balaban J connectivity index is 2.54. The molecule has 7 heteroatoms. The number of hydrogen-bond donors (Lipinski definition) is 3. The summed E-state index contributed by atoms with van der Waals surface area (Å²) in [4.78, 5) is 11.1. The highest BCUT2D eigenvalue weighted by Crippen LogP contribution is 2.18. The molecule has 0 radical (unpaired) electrons. The van der Waals surface area contributed by atoms with E-state index in [2.05, 4.69) is 25.6 Å². The van der Waals surface area contributed by atoms with Gasteiger partial charge in [0.05, 0.1) is 6.61 Å². The summed E-state index contributed by atoms with van der Waals surface area (Å²) in [6, 6.07) is 6.38. The summed E-state index contributed by atoms with van der Waals surface area (Å²) < 4.78 is 10.7. The minimum Gasteiger partial charge on any atom is -0.491 e. The molecule has 0 saturated carbocycles. The van der Waals surface area contributed by atoms with Crippen molar-refractivity contribution < 1.29 is 19.4 Å². The van der Waals surface area contributed by atoms with Crippen molar-refractivity contribution >= 4 is 31.7 Å². The Morgan fingerprint density at radius 2 is 1.81 bits per heavy atom. The molecule has 1 aromatic rings. The molecule has 0 spiro atoms. The van der Waals surface area contributed by atoms with Crippen LogP contribution in [0.4, 0.5) is 4.79 Å². The number of carbonyl (C=O) groups excluding carboxylic acids is 1. The molecular formula is C9H11NO4S2. The van der Waals surface area contributed by atoms with E-state index in [0.29, 0.717) is 11.5 Å². The number of ether oxygens (including phenoxy) is 2. The number of rotatable bonds is 4. The normalized spacial score (nSPS) is 9.69. The molecule has 0 atom stereocenters. The Kier molecular flexibility index (Phi) is 5.30. The van der Waals surface area contributed by atoms with E-state index in [1.165, 1.54) is 0 Å². The second-order valence-electron chi connectivity index (χ2n) is 2.70. The van der Waals surface area contributed by atoms with Crippen LogP contribution in [0.15, 0.2) is 24.3 Å². The lowest BCUT2D eigenvalue weighted by Gasteiger charge is -2.09. The van der Waals surface area contributed by atoms with Gasteiger partial charge in [-0.15, -0.1) is 0 Å². The van der Waals surface area contributed by atoms with Crippen LogP contribution in [0.3, 0.4) is 0 Å². The molecule has 1 N–H and O–H groups in total. The molecule has 0 saturated heterocycles. The van der Waals surface area contributed by atoms with Crippen molar-refractivity contribution in [2.75, 3.05) is 13.2 Å². The van der Waals surface area contributed by atoms with Crippen molar-refractivity contribution in [2.24, 2.45) is 0 Å². The molecule has 1 aromatic carbocycles. The standard InChI is InChI=1S/C9H11NO4S2/c11-5-6-13-7-1-3-8(4-2-7)14-9(12)10(15)16/h1-4,11,15-16H,5-6H2. The molecule has 0 heterocycles. The zero-order valence-corrected chi connectivity index (χ0v) is 10.0. The molecule has 1 rings (SSSR count). The molecular weight excluding hydrogens is 250 g/mol. The fraction of sp³-hybridized carbons (Fsp3) is 0.222. The minimum absolute atomic E-state index is 0.0506. The van der Waals surface area contributed by atoms with E-state index in [1.54, 1.807) is 24.3 Å². The van der Waals surface area contributed by atoms with E-state index < -0.39 is 6.09 Å². The zero-order valence-electron chi connectivity index (χ0n) is 8.24. The minimum atomic E-state index is -0.698. The first-order valence-corrected chi connectivity index (χ1v) is 5.17. The Morgan fingerprint density at radius 3 is 2.31 bits per heavy atom. The van der Waals surface area contributed by atoms with Crippen molar-refractivity contribution in [1.82, 2.24) is 3.71 Å². The van der Waals surface area contributed by atoms with E-state index >= 15 is 0 Å². The number of aliphatic hydroxyl groups excluding tert-OH is 1. The fourth-order valence-corrected chi connectivity index (χ4v) is 0.991. The maximum absolute atomic E-state index is 11.1. The van der Waals surface area contributed by atoms with Crippen LogP contribution >= 0.6 is 25.6 Å². The Morgan fingerprint density at radius 1 is 1.25 bits per heavy atom. The fourth-order valence-electron chi connectivity index (χ4n) is 0.909.